The lowest BCUT2D eigenvalue weighted by Crippen LogP contribution is -2.35. The van der Waals surface area contributed by atoms with Gasteiger partial charge in [-0.3, -0.25) is 4.99 Å². The molecule has 1 atom stereocenters. The third-order valence-electron chi connectivity index (χ3n) is 3.81. The SMILES string of the molecule is Cc1ccc(S(=O)(=O)NCCN=C(N)NC(C)c2ccc(Cl)cc2Cl)cc1. The standard InChI is InChI=1S/C18H22Cl2N4O2S/c1-12-3-6-15(7-4-12)27(25,26)23-10-9-22-18(21)24-13(2)16-8-5-14(19)11-17(16)20/h3-8,11,13,23H,9-10H2,1-2H3,(H3,21,22,24). The van der Waals surface area contributed by atoms with Crippen molar-refractivity contribution >= 4 is 39.2 Å². The summed E-state index contributed by atoms with van der Waals surface area (Å²) in [6.45, 7) is 4.11. The van der Waals surface area contributed by atoms with Gasteiger partial charge < -0.3 is 11.1 Å². The van der Waals surface area contributed by atoms with E-state index in [-0.39, 0.29) is 30.0 Å². The number of hydrogen-bond acceptors (Lipinski definition) is 3. The number of guanidine groups is 1. The first-order valence-electron chi connectivity index (χ1n) is 8.27. The highest BCUT2D eigenvalue weighted by molar-refractivity contribution is 7.89. The van der Waals surface area contributed by atoms with Gasteiger partial charge in [0.2, 0.25) is 10.0 Å². The van der Waals surface area contributed by atoms with E-state index in [1.165, 1.54) is 0 Å². The van der Waals surface area contributed by atoms with E-state index in [9.17, 15) is 8.42 Å². The van der Waals surface area contributed by atoms with E-state index < -0.39 is 10.0 Å². The largest absolute Gasteiger partial charge is 0.370 e. The molecule has 0 amide bonds. The van der Waals surface area contributed by atoms with Crippen LogP contribution in [0.5, 0.6) is 0 Å². The highest BCUT2D eigenvalue weighted by Crippen LogP contribution is 2.25. The van der Waals surface area contributed by atoms with Crippen molar-refractivity contribution in [2.45, 2.75) is 24.8 Å². The quantitative estimate of drug-likeness (QED) is 0.358. The van der Waals surface area contributed by atoms with Gasteiger partial charge in [0.1, 0.15) is 0 Å². The smallest absolute Gasteiger partial charge is 0.240 e. The summed E-state index contributed by atoms with van der Waals surface area (Å²) < 4.78 is 26.9. The maximum atomic E-state index is 12.2. The fourth-order valence-corrected chi connectivity index (χ4v) is 3.95. The monoisotopic (exact) mass is 428 g/mol. The summed E-state index contributed by atoms with van der Waals surface area (Å²) in [5.41, 5.74) is 7.69. The Labute approximate surface area is 169 Å². The average Bonchev–Trinajstić information content (AvgIpc) is 2.59. The first kappa shape index (κ1) is 21.5. The van der Waals surface area contributed by atoms with Gasteiger partial charge in [0.15, 0.2) is 5.96 Å². The predicted octanol–water partition coefficient (Wildman–Crippen LogP) is 3.25. The van der Waals surface area contributed by atoms with Crippen LogP contribution in [0, 0.1) is 6.92 Å². The van der Waals surface area contributed by atoms with E-state index in [1.54, 1.807) is 36.4 Å². The number of aryl methyl sites for hydroxylation is 1. The highest BCUT2D eigenvalue weighted by atomic mass is 35.5. The molecule has 0 aliphatic carbocycles. The fraction of sp³-hybridized carbons (Fsp3) is 0.278. The van der Waals surface area contributed by atoms with Crippen LogP contribution in [-0.2, 0) is 10.0 Å². The zero-order valence-electron chi connectivity index (χ0n) is 15.0. The summed E-state index contributed by atoms with van der Waals surface area (Å²) in [6.07, 6.45) is 0. The summed E-state index contributed by atoms with van der Waals surface area (Å²) in [4.78, 5) is 4.35. The van der Waals surface area contributed by atoms with Gasteiger partial charge in [-0.1, -0.05) is 47.0 Å². The van der Waals surface area contributed by atoms with E-state index >= 15 is 0 Å². The van der Waals surface area contributed by atoms with E-state index in [0.717, 1.165) is 11.1 Å². The molecular formula is C18H22Cl2N4O2S. The molecule has 0 saturated carbocycles. The molecule has 2 aromatic rings. The van der Waals surface area contributed by atoms with Crippen LogP contribution in [0.25, 0.3) is 0 Å². The van der Waals surface area contributed by atoms with Crippen LogP contribution in [0.3, 0.4) is 0 Å². The second-order valence-corrected chi connectivity index (χ2v) is 8.62. The van der Waals surface area contributed by atoms with Crippen LogP contribution in [-0.4, -0.2) is 27.5 Å². The van der Waals surface area contributed by atoms with Gasteiger partial charge in [0.05, 0.1) is 17.5 Å². The number of nitrogens with two attached hydrogens (primary N) is 1. The summed E-state index contributed by atoms with van der Waals surface area (Å²) >= 11 is 12.1. The molecule has 0 aliphatic heterocycles. The van der Waals surface area contributed by atoms with Gasteiger partial charge in [-0.2, -0.15) is 0 Å². The Kier molecular flexibility index (Phi) is 7.49. The van der Waals surface area contributed by atoms with Gasteiger partial charge in [-0.05, 0) is 43.7 Å². The number of benzene rings is 2. The highest BCUT2D eigenvalue weighted by Gasteiger charge is 2.13. The Morgan fingerprint density at radius 3 is 2.48 bits per heavy atom. The number of nitrogens with one attached hydrogen (secondary N) is 2. The minimum Gasteiger partial charge on any atom is -0.370 e. The third-order valence-corrected chi connectivity index (χ3v) is 5.85. The molecule has 0 bridgehead atoms. The van der Waals surface area contributed by atoms with Crippen molar-refractivity contribution in [2.75, 3.05) is 13.1 Å². The van der Waals surface area contributed by atoms with Crippen LogP contribution in [0.2, 0.25) is 10.0 Å². The number of nitrogens with zero attached hydrogens (tertiary/aromatic N) is 1. The van der Waals surface area contributed by atoms with Gasteiger partial charge in [-0.15, -0.1) is 0 Å². The Bertz CT molecular complexity index is 915. The van der Waals surface area contributed by atoms with Gasteiger partial charge in [0.25, 0.3) is 0 Å². The van der Waals surface area contributed by atoms with Crippen molar-refractivity contribution in [3.8, 4) is 0 Å². The third kappa shape index (κ3) is 6.39. The first-order valence-corrected chi connectivity index (χ1v) is 10.5. The summed E-state index contributed by atoms with van der Waals surface area (Å²) in [5.74, 6) is 0.197. The fourth-order valence-electron chi connectivity index (χ4n) is 2.36. The van der Waals surface area contributed by atoms with Crippen molar-refractivity contribution in [1.29, 1.82) is 0 Å². The van der Waals surface area contributed by atoms with Crippen molar-refractivity contribution < 1.29 is 8.42 Å². The topological polar surface area (TPSA) is 96.6 Å². The van der Waals surface area contributed by atoms with Crippen molar-refractivity contribution in [3.63, 3.8) is 0 Å². The van der Waals surface area contributed by atoms with E-state index in [1.807, 2.05) is 19.9 Å². The Morgan fingerprint density at radius 1 is 1.19 bits per heavy atom. The molecule has 2 rings (SSSR count). The molecule has 0 saturated heterocycles. The maximum Gasteiger partial charge on any atom is 0.240 e. The second-order valence-electron chi connectivity index (χ2n) is 6.01. The van der Waals surface area contributed by atoms with E-state index in [2.05, 4.69) is 15.0 Å². The Balaban J connectivity index is 1.87. The molecule has 6 nitrogen and oxygen atoms in total. The summed E-state index contributed by atoms with van der Waals surface area (Å²) in [5, 5.41) is 4.10. The lowest BCUT2D eigenvalue weighted by molar-refractivity contribution is 0.582. The lowest BCUT2D eigenvalue weighted by Gasteiger charge is -2.16. The summed E-state index contributed by atoms with van der Waals surface area (Å²) in [7, 11) is -3.56. The molecule has 0 radical (unpaired) electrons. The van der Waals surface area contributed by atoms with Gasteiger partial charge in [-0.25, -0.2) is 13.1 Å². The molecule has 0 aromatic heterocycles. The number of aliphatic imine (C=N–C) groups is 1. The van der Waals surface area contributed by atoms with Gasteiger partial charge >= 0.3 is 0 Å². The van der Waals surface area contributed by atoms with Crippen molar-refractivity contribution in [1.82, 2.24) is 10.0 Å². The zero-order valence-corrected chi connectivity index (χ0v) is 17.4. The van der Waals surface area contributed by atoms with Crippen LogP contribution in [0.1, 0.15) is 24.1 Å². The molecule has 1 unspecified atom stereocenters. The van der Waals surface area contributed by atoms with Crippen molar-refractivity contribution in [2.24, 2.45) is 10.7 Å². The number of halogens is 2. The molecular weight excluding hydrogens is 407 g/mol. The molecule has 27 heavy (non-hydrogen) atoms. The molecule has 0 heterocycles. The molecule has 4 N–H and O–H groups in total. The van der Waals surface area contributed by atoms with E-state index in [0.29, 0.717) is 10.0 Å². The minimum atomic E-state index is -3.56. The normalized spacial score (nSPS) is 13.4. The Hall–Kier alpha value is -1.80. The molecule has 146 valence electrons. The predicted molar refractivity (Wildman–Crippen MR) is 111 cm³/mol. The van der Waals surface area contributed by atoms with Gasteiger partial charge in [0, 0.05) is 16.6 Å². The van der Waals surface area contributed by atoms with Crippen molar-refractivity contribution in [3.05, 3.63) is 63.6 Å². The van der Waals surface area contributed by atoms with Crippen LogP contribution in [0.15, 0.2) is 52.4 Å². The summed E-state index contributed by atoms with van der Waals surface area (Å²) in [6, 6.07) is 11.7. The molecule has 2 aromatic carbocycles. The lowest BCUT2D eigenvalue weighted by atomic mass is 10.1. The van der Waals surface area contributed by atoms with E-state index in [4.69, 9.17) is 28.9 Å². The molecule has 9 heteroatoms. The maximum absolute atomic E-state index is 12.2. The molecule has 0 spiro atoms. The number of hydrogen-bond donors (Lipinski definition) is 3. The van der Waals surface area contributed by atoms with Crippen LogP contribution >= 0.6 is 23.2 Å². The molecule has 0 aliphatic rings. The zero-order chi connectivity index (χ0) is 20.0. The number of sulfonamides is 1. The minimum absolute atomic E-state index is 0.134. The number of rotatable bonds is 7. The Morgan fingerprint density at radius 2 is 1.85 bits per heavy atom. The second kappa shape index (κ2) is 9.41. The van der Waals surface area contributed by atoms with Crippen LogP contribution < -0.4 is 15.8 Å². The molecule has 0 fully saturated rings. The van der Waals surface area contributed by atoms with Crippen LogP contribution in [0.4, 0.5) is 0 Å². The first-order chi connectivity index (χ1) is 12.7. The average molecular weight is 429 g/mol.